The van der Waals surface area contributed by atoms with Crippen LogP contribution in [0.15, 0.2) is 12.2 Å². The van der Waals surface area contributed by atoms with E-state index in [1.165, 1.54) is 0 Å². The Labute approximate surface area is 146 Å². The summed E-state index contributed by atoms with van der Waals surface area (Å²) < 4.78 is 0. The molecule has 0 aromatic rings. The number of rotatable bonds is 7. The van der Waals surface area contributed by atoms with Crippen molar-refractivity contribution in [3.05, 3.63) is 12.2 Å². The standard InChI is InChI=1S/C18H34N4O2/c1-15(2)17(24)22-12-10-21(11-13-22)14-18(3,4)19-16(23)8-7-9-20(5)6/h7-8,15H,9-14H2,1-6H3,(H,19,23)/b8-7+. The number of piperazine rings is 1. The molecule has 0 spiro atoms. The fraction of sp³-hybridized carbons (Fsp3) is 0.778. The van der Waals surface area contributed by atoms with Crippen molar-refractivity contribution >= 4 is 11.8 Å². The third-order valence-corrected chi connectivity index (χ3v) is 4.00. The molecule has 0 aliphatic carbocycles. The van der Waals surface area contributed by atoms with Crippen LogP contribution in [0.1, 0.15) is 27.7 Å². The first kappa shape index (κ1) is 20.6. The quantitative estimate of drug-likeness (QED) is 0.698. The highest BCUT2D eigenvalue weighted by atomic mass is 16.2. The van der Waals surface area contributed by atoms with Crippen LogP contribution in [0.3, 0.4) is 0 Å². The van der Waals surface area contributed by atoms with Gasteiger partial charge >= 0.3 is 0 Å². The molecule has 1 fully saturated rings. The smallest absolute Gasteiger partial charge is 0.244 e. The Balaban J connectivity index is 2.41. The molecular weight excluding hydrogens is 304 g/mol. The third-order valence-electron chi connectivity index (χ3n) is 4.00. The molecule has 138 valence electrons. The Hall–Kier alpha value is -1.40. The Bertz CT molecular complexity index is 450. The van der Waals surface area contributed by atoms with Gasteiger partial charge in [-0.15, -0.1) is 0 Å². The van der Waals surface area contributed by atoms with Crippen molar-refractivity contribution in [2.75, 3.05) is 53.4 Å². The van der Waals surface area contributed by atoms with Gasteiger partial charge in [-0.3, -0.25) is 14.5 Å². The van der Waals surface area contributed by atoms with Gasteiger partial charge in [-0.25, -0.2) is 0 Å². The van der Waals surface area contributed by atoms with E-state index < -0.39 is 0 Å². The maximum Gasteiger partial charge on any atom is 0.244 e. The van der Waals surface area contributed by atoms with E-state index >= 15 is 0 Å². The minimum Gasteiger partial charge on any atom is -0.346 e. The zero-order chi connectivity index (χ0) is 18.3. The molecule has 0 radical (unpaired) electrons. The summed E-state index contributed by atoms with van der Waals surface area (Å²) in [6.07, 6.45) is 3.46. The van der Waals surface area contributed by atoms with E-state index in [1.807, 2.05) is 57.7 Å². The molecule has 6 heteroatoms. The van der Waals surface area contributed by atoms with Crippen molar-refractivity contribution in [2.45, 2.75) is 33.2 Å². The number of nitrogens with one attached hydrogen (secondary N) is 1. The molecule has 0 unspecified atom stereocenters. The summed E-state index contributed by atoms with van der Waals surface area (Å²) in [6.45, 7) is 12.7. The number of nitrogens with zero attached hydrogens (tertiary/aromatic N) is 3. The number of carbonyl (C=O) groups is 2. The molecule has 2 amide bonds. The van der Waals surface area contributed by atoms with Crippen LogP contribution in [-0.2, 0) is 9.59 Å². The number of amides is 2. The van der Waals surface area contributed by atoms with E-state index in [1.54, 1.807) is 6.08 Å². The average Bonchev–Trinajstić information content (AvgIpc) is 2.45. The van der Waals surface area contributed by atoms with Crippen LogP contribution >= 0.6 is 0 Å². The van der Waals surface area contributed by atoms with Gasteiger partial charge in [-0.05, 0) is 27.9 Å². The Morgan fingerprint density at radius 1 is 1.17 bits per heavy atom. The van der Waals surface area contributed by atoms with Crippen LogP contribution in [0.4, 0.5) is 0 Å². The minimum absolute atomic E-state index is 0.0567. The number of hydrogen-bond acceptors (Lipinski definition) is 4. The molecule has 0 saturated carbocycles. The second kappa shape index (κ2) is 9.18. The fourth-order valence-electron chi connectivity index (χ4n) is 2.84. The predicted octanol–water partition coefficient (Wildman–Crippen LogP) is 0.799. The molecule has 1 aliphatic heterocycles. The first-order valence-corrected chi connectivity index (χ1v) is 8.75. The summed E-state index contributed by atoms with van der Waals surface area (Å²) in [5, 5.41) is 3.06. The van der Waals surface area contributed by atoms with Crippen LogP contribution in [0.2, 0.25) is 0 Å². The topological polar surface area (TPSA) is 55.9 Å². The first-order chi connectivity index (χ1) is 11.1. The van der Waals surface area contributed by atoms with Crippen molar-refractivity contribution in [1.82, 2.24) is 20.0 Å². The summed E-state index contributed by atoms with van der Waals surface area (Å²) in [5.41, 5.74) is -0.302. The van der Waals surface area contributed by atoms with Crippen molar-refractivity contribution in [3.63, 3.8) is 0 Å². The lowest BCUT2D eigenvalue weighted by Gasteiger charge is -2.39. The van der Waals surface area contributed by atoms with E-state index in [4.69, 9.17) is 0 Å². The first-order valence-electron chi connectivity index (χ1n) is 8.75. The number of carbonyl (C=O) groups excluding carboxylic acids is 2. The highest BCUT2D eigenvalue weighted by molar-refractivity contribution is 5.88. The van der Waals surface area contributed by atoms with Gasteiger partial charge in [0.2, 0.25) is 11.8 Å². The Morgan fingerprint density at radius 3 is 2.25 bits per heavy atom. The average molecular weight is 338 g/mol. The van der Waals surface area contributed by atoms with Crippen molar-refractivity contribution in [1.29, 1.82) is 0 Å². The molecule has 0 aromatic heterocycles. The molecule has 1 rings (SSSR count). The van der Waals surface area contributed by atoms with Gasteiger partial charge in [-0.1, -0.05) is 19.9 Å². The van der Waals surface area contributed by atoms with Crippen molar-refractivity contribution in [3.8, 4) is 0 Å². The molecule has 1 saturated heterocycles. The number of likely N-dealkylation sites (N-methyl/N-ethyl adjacent to an activating group) is 1. The normalized spacial score (nSPS) is 17.1. The van der Waals surface area contributed by atoms with Gasteiger partial charge in [0.15, 0.2) is 0 Å². The predicted molar refractivity (Wildman–Crippen MR) is 97.8 cm³/mol. The SMILES string of the molecule is CC(C)C(=O)N1CCN(CC(C)(C)NC(=O)/C=C/CN(C)C)CC1. The second-order valence-corrected chi connectivity index (χ2v) is 7.79. The zero-order valence-corrected chi connectivity index (χ0v) is 16.1. The number of hydrogen-bond donors (Lipinski definition) is 1. The molecule has 0 atom stereocenters. The maximum absolute atomic E-state index is 12.0. The molecule has 1 heterocycles. The van der Waals surface area contributed by atoms with E-state index in [0.29, 0.717) is 0 Å². The monoisotopic (exact) mass is 338 g/mol. The van der Waals surface area contributed by atoms with Gasteiger partial charge < -0.3 is 15.1 Å². The summed E-state index contributed by atoms with van der Waals surface area (Å²) in [6, 6.07) is 0. The lowest BCUT2D eigenvalue weighted by atomic mass is 10.0. The third kappa shape index (κ3) is 7.45. The van der Waals surface area contributed by atoms with Crippen LogP contribution < -0.4 is 5.32 Å². The van der Waals surface area contributed by atoms with Crippen molar-refractivity contribution < 1.29 is 9.59 Å². The van der Waals surface area contributed by atoms with E-state index in [-0.39, 0.29) is 23.3 Å². The molecule has 1 N–H and O–H groups in total. The lowest BCUT2D eigenvalue weighted by Crippen LogP contribution is -2.56. The second-order valence-electron chi connectivity index (χ2n) is 7.79. The van der Waals surface area contributed by atoms with Crippen LogP contribution in [0.25, 0.3) is 0 Å². The van der Waals surface area contributed by atoms with Crippen LogP contribution in [0, 0.1) is 5.92 Å². The van der Waals surface area contributed by atoms with E-state index in [9.17, 15) is 9.59 Å². The fourth-order valence-corrected chi connectivity index (χ4v) is 2.84. The van der Waals surface area contributed by atoms with Crippen LogP contribution in [0.5, 0.6) is 0 Å². The van der Waals surface area contributed by atoms with E-state index in [2.05, 4.69) is 10.2 Å². The minimum atomic E-state index is -0.302. The maximum atomic E-state index is 12.0. The highest BCUT2D eigenvalue weighted by Gasteiger charge is 2.27. The summed E-state index contributed by atoms with van der Waals surface area (Å²) in [7, 11) is 3.94. The zero-order valence-electron chi connectivity index (χ0n) is 16.1. The Morgan fingerprint density at radius 2 is 1.75 bits per heavy atom. The molecule has 1 aliphatic rings. The molecular formula is C18H34N4O2. The molecule has 24 heavy (non-hydrogen) atoms. The lowest BCUT2D eigenvalue weighted by molar-refractivity contribution is -0.136. The molecule has 0 bridgehead atoms. The summed E-state index contributed by atoms with van der Waals surface area (Å²) in [4.78, 5) is 30.3. The molecule has 6 nitrogen and oxygen atoms in total. The summed E-state index contributed by atoms with van der Waals surface area (Å²) >= 11 is 0. The van der Waals surface area contributed by atoms with Gasteiger partial charge in [0.1, 0.15) is 0 Å². The molecule has 0 aromatic carbocycles. The van der Waals surface area contributed by atoms with Gasteiger partial charge in [0.25, 0.3) is 0 Å². The van der Waals surface area contributed by atoms with E-state index in [0.717, 1.165) is 39.3 Å². The largest absolute Gasteiger partial charge is 0.346 e. The Kier molecular flexibility index (Phi) is 7.90. The van der Waals surface area contributed by atoms with Gasteiger partial charge in [-0.2, -0.15) is 0 Å². The van der Waals surface area contributed by atoms with Crippen molar-refractivity contribution in [2.24, 2.45) is 5.92 Å². The summed E-state index contributed by atoms with van der Waals surface area (Å²) in [5.74, 6) is 0.227. The highest BCUT2D eigenvalue weighted by Crippen LogP contribution is 2.11. The van der Waals surface area contributed by atoms with Gasteiger partial charge in [0, 0.05) is 56.8 Å². The van der Waals surface area contributed by atoms with Crippen LogP contribution in [-0.4, -0.2) is 85.4 Å². The van der Waals surface area contributed by atoms with Gasteiger partial charge in [0.05, 0.1) is 0 Å².